The Morgan fingerprint density at radius 1 is 0.867 bits per heavy atom. The van der Waals surface area contributed by atoms with Crippen molar-refractivity contribution in [2.45, 2.75) is 20.3 Å². The molecule has 2 aromatic carbocycles. The highest BCUT2D eigenvalue weighted by Gasteiger charge is 2.52. The van der Waals surface area contributed by atoms with E-state index in [0.717, 1.165) is 18.3 Å². The van der Waals surface area contributed by atoms with Crippen molar-refractivity contribution in [3.05, 3.63) is 84.6 Å². The molecule has 0 aliphatic rings. The predicted octanol–water partition coefficient (Wildman–Crippen LogP) is 4.84. The summed E-state index contributed by atoms with van der Waals surface area (Å²) >= 11 is 0. The Morgan fingerprint density at radius 3 is 1.73 bits per heavy atom. The minimum Gasteiger partial charge on any atom is -0.478 e. The van der Waals surface area contributed by atoms with Gasteiger partial charge in [0.1, 0.15) is 5.03 Å². The number of alkyl halides is 3. The molecule has 3 aromatic rings. The average Bonchev–Trinajstić information content (AvgIpc) is 2.72. The molecule has 158 valence electrons. The van der Waals surface area contributed by atoms with Gasteiger partial charge in [-0.05, 0) is 46.7 Å². The summed E-state index contributed by atoms with van der Waals surface area (Å²) in [5.41, 5.74) is -5.89. The number of hydrogen-bond donors (Lipinski definition) is 1. The van der Waals surface area contributed by atoms with Crippen LogP contribution in [0.5, 0.6) is 0 Å². The second-order valence-corrected chi connectivity index (χ2v) is 10.2. The summed E-state index contributed by atoms with van der Waals surface area (Å²) in [6.07, 6.45) is 0.939. The Labute approximate surface area is 171 Å². The van der Waals surface area contributed by atoms with E-state index >= 15 is 0 Å². The topological polar surface area (TPSA) is 93.6 Å². The number of aromatic carboxylic acids is 1. The first-order valence-corrected chi connectivity index (χ1v) is 11.2. The maximum Gasteiger partial charge on any atom is 0.524 e. The molecule has 11 heteroatoms. The highest BCUT2D eigenvalue weighted by Crippen LogP contribution is 2.69. The number of nitrogens with zero attached hydrogens (tertiary/aromatic N) is 1. The van der Waals surface area contributed by atoms with Gasteiger partial charge in [-0.1, -0.05) is 36.4 Å². The zero-order valence-electron chi connectivity index (χ0n) is 15.0. The van der Waals surface area contributed by atoms with Crippen molar-refractivity contribution in [3.63, 3.8) is 0 Å². The van der Waals surface area contributed by atoms with E-state index in [1.807, 2.05) is 0 Å². The number of carboxylic acids is 1. The van der Waals surface area contributed by atoms with Crippen LogP contribution in [0, 0.1) is 0 Å². The molecule has 1 N–H and O–H groups in total. The summed E-state index contributed by atoms with van der Waals surface area (Å²) in [6, 6.07) is 17.3. The molecule has 0 unspecified atom stereocenters. The minimum absolute atomic E-state index is 0.139. The number of halogens is 3. The van der Waals surface area contributed by atoms with Gasteiger partial charge in [-0.25, -0.2) is 9.78 Å². The van der Waals surface area contributed by atoms with E-state index in [2.05, 4.69) is 4.98 Å². The molecule has 0 aliphatic heterocycles. The van der Waals surface area contributed by atoms with E-state index in [1.165, 1.54) is 48.5 Å². The van der Waals surface area contributed by atoms with Crippen LogP contribution in [0.3, 0.4) is 0 Å². The summed E-state index contributed by atoms with van der Waals surface area (Å²) < 4.78 is 69.0. The third-order valence-electron chi connectivity index (χ3n) is 3.90. The number of rotatable bonds is 6. The summed E-state index contributed by atoms with van der Waals surface area (Å²) in [6.45, 7) is 0. The Hall–Kier alpha value is -2.89. The van der Waals surface area contributed by atoms with Crippen LogP contribution < -0.4 is 0 Å². The van der Waals surface area contributed by atoms with Gasteiger partial charge in [0.05, 0.1) is 5.56 Å². The van der Waals surface area contributed by atoms with Gasteiger partial charge in [-0.3, -0.25) is 0 Å². The molecule has 0 bridgehead atoms. The van der Waals surface area contributed by atoms with E-state index in [1.54, 1.807) is 12.1 Å². The maximum absolute atomic E-state index is 13.3. The first kappa shape index (κ1) is 21.8. The smallest absolute Gasteiger partial charge is 0.478 e. The lowest BCUT2D eigenvalue weighted by atomic mass is 10.3. The largest absolute Gasteiger partial charge is 0.524 e. The molecular formula is C19H14F3NO5S2. The molecule has 0 fully saturated rings. The molecule has 1 heterocycles. The van der Waals surface area contributed by atoms with E-state index in [9.17, 15) is 26.4 Å². The monoisotopic (exact) mass is 457 g/mol. The quantitative estimate of drug-likeness (QED) is 0.533. The molecule has 0 radical (unpaired) electrons. The van der Waals surface area contributed by atoms with Gasteiger partial charge in [0.15, 0.2) is 0 Å². The van der Waals surface area contributed by atoms with E-state index in [4.69, 9.17) is 8.74 Å². The first-order valence-electron chi connectivity index (χ1n) is 8.23. The number of benzene rings is 2. The van der Waals surface area contributed by atoms with Crippen LogP contribution in [0.4, 0.5) is 13.2 Å². The minimum atomic E-state index is -6.05. The Kier molecular flexibility index (Phi) is 5.88. The van der Waals surface area contributed by atoms with Gasteiger partial charge in [0.25, 0.3) is 0 Å². The number of carbonyl (C=O) groups is 1. The first-order chi connectivity index (χ1) is 14.1. The van der Waals surface area contributed by atoms with Crippen LogP contribution >= 0.6 is 10.3 Å². The zero-order chi connectivity index (χ0) is 22.0. The number of pyridine rings is 1. The third kappa shape index (κ3) is 4.04. The van der Waals surface area contributed by atoms with Crippen LogP contribution in [0.25, 0.3) is 0 Å². The summed E-state index contributed by atoms with van der Waals surface area (Å²) in [7, 11) is -9.57. The fraction of sp³-hybridized carbons (Fsp3) is 0.0526. The highest BCUT2D eigenvalue weighted by atomic mass is 32.3. The molecular weight excluding hydrogens is 443 g/mol. The van der Waals surface area contributed by atoms with Gasteiger partial charge >= 0.3 is 21.6 Å². The summed E-state index contributed by atoms with van der Waals surface area (Å²) in [5.74, 6) is -1.29. The normalized spacial score (nSPS) is 13.0. The molecule has 0 atom stereocenters. The van der Waals surface area contributed by atoms with E-state index in [-0.39, 0.29) is 20.4 Å². The van der Waals surface area contributed by atoms with E-state index in [0.29, 0.717) is 0 Å². The van der Waals surface area contributed by atoms with Gasteiger partial charge in [0, 0.05) is 16.0 Å². The van der Waals surface area contributed by atoms with Crippen molar-refractivity contribution in [1.29, 1.82) is 0 Å². The van der Waals surface area contributed by atoms with Crippen LogP contribution in [0.1, 0.15) is 10.4 Å². The van der Waals surface area contributed by atoms with Crippen molar-refractivity contribution in [3.8, 4) is 0 Å². The fourth-order valence-corrected chi connectivity index (χ4v) is 7.15. The van der Waals surface area contributed by atoms with Crippen molar-refractivity contribution in [2.24, 2.45) is 0 Å². The molecule has 0 spiro atoms. The molecule has 1 aromatic heterocycles. The molecule has 0 saturated heterocycles. The summed E-state index contributed by atoms with van der Waals surface area (Å²) in [4.78, 5) is 15.4. The zero-order valence-corrected chi connectivity index (χ0v) is 16.6. The van der Waals surface area contributed by atoms with Gasteiger partial charge in [-0.2, -0.15) is 25.2 Å². The lowest BCUT2D eigenvalue weighted by Crippen LogP contribution is -2.27. The Morgan fingerprint density at radius 2 is 1.37 bits per heavy atom. The molecule has 6 nitrogen and oxygen atoms in total. The van der Waals surface area contributed by atoms with Crippen LogP contribution in [-0.4, -0.2) is 30.0 Å². The molecule has 0 amide bonds. The average molecular weight is 457 g/mol. The Balaban J connectivity index is 2.37. The van der Waals surface area contributed by atoms with Crippen molar-refractivity contribution in [1.82, 2.24) is 4.98 Å². The second-order valence-electron chi connectivity index (χ2n) is 5.84. The molecule has 30 heavy (non-hydrogen) atoms. The van der Waals surface area contributed by atoms with Crippen molar-refractivity contribution >= 4 is 26.4 Å². The number of hydrogen-bond acceptors (Lipinski definition) is 5. The SMILES string of the molecule is O=C(O)c1ccc(S(OS(=O)(=O)C(F)(F)F)(c2ccccc2)c2ccccc2)nc1. The van der Waals surface area contributed by atoms with Crippen LogP contribution in [0.2, 0.25) is 0 Å². The van der Waals surface area contributed by atoms with E-state index < -0.39 is 31.9 Å². The number of aromatic nitrogens is 1. The van der Waals surface area contributed by atoms with Crippen molar-refractivity contribution < 1.29 is 35.1 Å². The third-order valence-corrected chi connectivity index (χ3v) is 8.71. The van der Waals surface area contributed by atoms with Gasteiger partial charge < -0.3 is 5.11 Å². The Bertz CT molecular complexity index is 1100. The highest BCUT2D eigenvalue weighted by molar-refractivity contribution is 8.33. The van der Waals surface area contributed by atoms with Crippen LogP contribution in [0.15, 0.2) is 93.8 Å². The van der Waals surface area contributed by atoms with Gasteiger partial charge in [-0.15, -0.1) is 0 Å². The van der Waals surface area contributed by atoms with Crippen molar-refractivity contribution in [2.75, 3.05) is 0 Å². The second kappa shape index (κ2) is 8.09. The lowest BCUT2D eigenvalue weighted by molar-refractivity contribution is -0.0496. The lowest BCUT2D eigenvalue weighted by Gasteiger charge is -2.38. The fourth-order valence-electron chi connectivity index (χ4n) is 2.57. The van der Waals surface area contributed by atoms with Gasteiger partial charge in [0.2, 0.25) is 0 Å². The molecule has 0 saturated carbocycles. The van der Waals surface area contributed by atoms with Crippen LogP contribution in [-0.2, 0) is 13.7 Å². The number of carboxylic acid groups (broad SMARTS) is 1. The predicted molar refractivity (Wildman–Crippen MR) is 103 cm³/mol. The molecule has 0 aliphatic carbocycles. The standard InChI is InChI=1S/C19H14F3NO5S2/c20-19(21,22)30(26,27)28-29(15-7-3-1-4-8-15,16-9-5-2-6-10-16)17-12-11-14(13-23-17)18(24)25/h1-13H,(H,24,25). The summed E-state index contributed by atoms with van der Waals surface area (Å²) in [5, 5.41) is 8.94. The maximum atomic E-state index is 13.3. The molecule has 3 rings (SSSR count).